The fourth-order valence-corrected chi connectivity index (χ4v) is 4.78. The summed E-state index contributed by atoms with van der Waals surface area (Å²) < 4.78 is 27.7. The van der Waals surface area contributed by atoms with Crippen molar-refractivity contribution in [2.75, 3.05) is 17.4 Å². The molecule has 2 aromatic rings. The number of fused-ring (bicyclic) bond motifs is 1. The van der Waals surface area contributed by atoms with Gasteiger partial charge in [-0.25, -0.2) is 8.42 Å². The van der Waals surface area contributed by atoms with Crippen molar-refractivity contribution in [3.8, 4) is 0 Å². The highest BCUT2D eigenvalue weighted by molar-refractivity contribution is 7.92. The molecule has 8 heteroatoms. The monoisotopic (exact) mass is 415 g/mol. The summed E-state index contributed by atoms with van der Waals surface area (Å²) in [4.78, 5) is 24.5. The molecule has 0 spiro atoms. The minimum absolute atomic E-state index is 0.0462. The third-order valence-electron chi connectivity index (χ3n) is 4.82. The van der Waals surface area contributed by atoms with Crippen molar-refractivity contribution in [1.82, 2.24) is 10.6 Å². The summed E-state index contributed by atoms with van der Waals surface area (Å²) in [6.45, 7) is 4.43. The lowest BCUT2D eigenvalue weighted by atomic mass is 10.2. The van der Waals surface area contributed by atoms with E-state index in [1.165, 1.54) is 28.6 Å². The van der Waals surface area contributed by atoms with Crippen molar-refractivity contribution in [3.63, 3.8) is 0 Å². The molecule has 0 aliphatic carbocycles. The molecule has 1 aliphatic rings. The normalized spacial score (nSPS) is 14.2. The van der Waals surface area contributed by atoms with Crippen LogP contribution in [0.2, 0.25) is 0 Å². The second-order valence-corrected chi connectivity index (χ2v) is 8.83. The van der Waals surface area contributed by atoms with Crippen molar-refractivity contribution in [3.05, 3.63) is 59.7 Å². The van der Waals surface area contributed by atoms with Gasteiger partial charge in [0.2, 0.25) is 5.91 Å². The molecule has 2 aromatic carbocycles. The molecule has 0 aromatic heterocycles. The van der Waals surface area contributed by atoms with E-state index < -0.39 is 22.0 Å². The molecule has 0 unspecified atom stereocenters. The van der Waals surface area contributed by atoms with Crippen LogP contribution in [0.3, 0.4) is 0 Å². The average Bonchev–Trinajstić information content (AvgIpc) is 3.17. The Kier molecular flexibility index (Phi) is 6.22. The van der Waals surface area contributed by atoms with E-state index in [0.717, 1.165) is 12.0 Å². The van der Waals surface area contributed by atoms with E-state index >= 15 is 0 Å². The van der Waals surface area contributed by atoms with Crippen LogP contribution in [-0.4, -0.2) is 39.4 Å². The highest BCUT2D eigenvalue weighted by Gasteiger charge is 2.31. The molecule has 0 radical (unpaired) electrons. The lowest BCUT2D eigenvalue weighted by Crippen LogP contribution is -2.45. The zero-order chi connectivity index (χ0) is 21.0. The summed E-state index contributed by atoms with van der Waals surface area (Å²) in [7, 11) is -3.79. The number of para-hydroxylation sites is 1. The quantitative estimate of drug-likeness (QED) is 0.724. The van der Waals surface area contributed by atoms with Gasteiger partial charge in [-0.05, 0) is 49.6 Å². The van der Waals surface area contributed by atoms with Crippen molar-refractivity contribution in [2.45, 2.75) is 37.6 Å². The van der Waals surface area contributed by atoms with Crippen LogP contribution in [0.15, 0.2) is 53.4 Å². The average molecular weight is 416 g/mol. The van der Waals surface area contributed by atoms with Crippen molar-refractivity contribution < 1.29 is 18.0 Å². The molecule has 3 rings (SSSR count). The molecule has 0 saturated carbocycles. The predicted octanol–water partition coefficient (Wildman–Crippen LogP) is 2.08. The highest BCUT2D eigenvalue weighted by atomic mass is 32.2. The summed E-state index contributed by atoms with van der Waals surface area (Å²) in [6, 6.07) is 12.6. The van der Waals surface area contributed by atoms with Crippen LogP contribution in [-0.2, 0) is 21.2 Å². The zero-order valence-corrected chi connectivity index (χ0v) is 17.3. The molecule has 2 amide bonds. The van der Waals surface area contributed by atoms with Gasteiger partial charge < -0.3 is 10.6 Å². The second kappa shape index (κ2) is 8.65. The van der Waals surface area contributed by atoms with Crippen LogP contribution >= 0.6 is 0 Å². The van der Waals surface area contributed by atoms with E-state index in [1.807, 2.05) is 25.1 Å². The van der Waals surface area contributed by atoms with Gasteiger partial charge in [-0.1, -0.05) is 31.2 Å². The molecule has 1 atom stereocenters. The summed E-state index contributed by atoms with van der Waals surface area (Å²) in [5, 5.41) is 5.32. The number of carbonyl (C=O) groups excluding carboxylic acids is 2. The standard InChI is InChI=1S/C21H25N3O4S/c1-3-12-22-20(25)15(2)23-21(26)17-8-6-9-18(14-17)29(27,28)24-13-11-16-7-4-5-10-19(16)24/h4-10,14-15H,3,11-13H2,1-2H3,(H,22,25)(H,23,26)/t15-/m0/s1. The summed E-state index contributed by atoms with van der Waals surface area (Å²) in [5.74, 6) is -0.777. The zero-order valence-electron chi connectivity index (χ0n) is 16.5. The molecule has 0 saturated heterocycles. The van der Waals surface area contributed by atoms with Crippen molar-refractivity contribution >= 4 is 27.5 Å². The maximum atomic E-state index is 13.2. The Balaban J connectivity index is 1.79. The third-order valence-corrected chi connectivity index (χ3v) is 6.63. The molecular formula is C21H25N3O4S. The first-order chi connectivity index (χ1) is 13.8. The maximum absolute atomic E-state index is 13.2. The number of carbonyl (C=O) groups is 2. The summed E-state index contributed by atoms with van der Waals surface area (Å²) >= 11 is 0. The Bertz CT molecular complexity index is 1020. The fourth-order valence-electron chi connectivity index (χ4n) is 3.23. The van der Waals surface area contributed by atoms with E-state index in [2.05, 4.69) is 10.6 Å². The van der Waals surface area contributed by atoms with E-state index in [0.29, 0.717) is 25.2 Å². The number of sulfonamides is 1. The molecule has 1 heterocycles. The Morgan fingerprint density at radius 2 is 1.90 bits per heavy atom. The molecule has 0 bridgehead atoms. The van der Waals surface area contributed by atoms with Gasteiger partial charge in [0, 0.05) is 18.7 Å². The van der Waals surface area contributed by atoms with Gasteiger partial charge in [0.1, 0.15) is 6.04 Å². The Morgan fingerprint density at radius 1 is 1.14 bits per heavy atom. The van der Waals surface area contributed by atoms with Gasteiger partial charge in [0.25, 0.3) is 15.9 Å². The number of rotatable bonds is 7. The number of hydrogen-bond acceptors (Lipinski definition) is 4. The van der Waals surface area contributed by atoms with Crippen LogP contribution in [0, 0.1) is 0 Å². The molecule has 0 fully saturated rings. The van der Waals surface area contributed by atoms with E-state index in [4.69, 9.17) is 0 Å². The fraction of sp³-hybridized carbons (Fsp3) is 0.333. The number of nitrogens with one attached hydrogen (secondary N) is 2. The first-order valence-corrected chi connectivity index (χ1v) is 11.1. The van der Waals surface area contributed by atoms with E-state index in [1.54, 1.807) is 13.0 Å². The van der Waals surface area contributed by atoms with Gasteiger partial charge in [-0.15, -0.1) is 0 Å². The Labute approximate surface area is 171 Å². The molecule has 29 heavy (non-hydrogen) atoms. The Hall–Kier alpha value is -2.87. The van der Waals surface area contributed by atoms with E-state index in [9.17, 15) is 18.0 Å². The number of benzene rings is 2. The second-order valence-electron chi connectivity index (χ2n) is 6.97. The van der Waals surface area contributed by atoms with Gasteiger partial charge >= 0.3 is 0 Å². The molecular weight excluding hydrogens is 390 g/mol. The maximum Gasteiger partial charge on any atom is 0.264 e. The number of nitrogens with zero attached hydrogens (tertiary/aromatic N) is 1. The largest absolute Gasteiger partial charge is 0.354 e. The van der Waals surface area contributed by atoms with Gasteiger partial charge in [-0.2, -0.15) is 0 Å². The van der Waals surface area contributed by atoms with Gasteiger partial charge in [0.15, 0.2) is 0 Å². The topological polar surface area (TPSA) is 95.6 Å². The predicted molar refractivity (Wildman–Crippen MR) is 111 cm³/mol. The molecule has 7 nitrogen and oxygen atoms in total. The van der Waals surface area contributed by atoms with Gasteiger partial charge in [-0.3, -0.25) is 13.9 Å². The van der Waals surface area contributed by atoms with Crippen LogP contribution < -0.4 is 14.9 Å². The molecule has 2 N–H and O–H groups in total. The van der Waals surface area contributed by atoms with Crippen molar-refractivity contribution in [2.24, 2.45) is 0 Å². The lowest BCUT2D eigenvalue weighted by molar-refractivity contribution is -0.122. The SMILES string of the molecule is CCCNC(=O)[C@H](C)NC(=O)c1cccc(S(=O)(=O)N2CCc3ccccc32)c1. The number of anilines is 1. The Morgan fingerprint density at radius 3 is 2.66 bits per heavy atom. The first kappa shape index (κ1) is 20.9. The number of amides is 2. The third kappa shape index (κ3) is 4.42. The molecule has 1 aliphatic heterocycles. The smallest absolute Gasteiger partial charge is 0.264 e. The van der Waals surface area contributed by atoms with E-state index in [-0.39, 0.29) is 16.4 Å². The van der Waals surface area contributed by atoms with Crippen LogP contribution in [0.5, 0.6) is 0 Å². The number of hydrogen-bond donors (Lipinski definition) is 2. The minimum Gasteiger partial charge on any atom is -0.354 e. The first-order valence-electron chi connectivity index (χ1n) is 9.64. The van der Waals surface area contributed by atoms with Crippen molar-refractivity contribution in [1.29, 1.82) is 0 Å². The minimum atomic E-state index is -3.79. The molecule has 154 valence electrons. The van der Waals surface area contributed by atoms with Crippen LogP contribution in [0.4, 0.5) is 5.69 Å². The van der Waals surface area contributed by atoms with Crippen LogP contribution in [0.25, 0.3) is 0 Å². The van der Waals surface area contributed by atoms with Gasteiger partial charge in [0.05, 0.1) is 10.6 Å². The lowest BCUT2D eigenvalue weighted by Gasteiger charge is -2.20. The summed E-state index contributed by atoms with van der Waals surface area (Å²) in [5.41, 5.74) is 1.84. The summed E-state index contributed by atoms with van der Waals surface area (Å²) in [6.07, 6.45) is 1.45. The highest BCUT2D eigenvalue weighted by Crippen LogP contribution is 2.32. The van der Waals surface area contributed by atoms with Crippen LogP contribution in [0.1, 0.15) is 36.2 Å².